The average molecular weight is 376 g/mol. The van der Waals surface area contributed by atoms with Crippen molar-refractivity contribution < 1.29 is 14.3 Å². The highest BCUT2D eigenvalue weighted by molar-refractivity contribution is 9.10. The van der Waals surface area contributed by atoms with E-state index in [4.69, 9.17) is 9.47 Å². The smallest absolute Gasteiger partial charge is 0.248 e. The Morgan fingerprint density at radius 3 is 2.30 bits per heavy atom. The maximum Gasteiger partial charge on any atom is 0.248 e. The molecule has 0 atom stereocenters. The second-order valence-corrected chi connectivity index (χ2v) is 5.81. The SMILES string of the molecule is COc1cc(C)c(NC(=O)/C=C/c2ccc(Br)cc2)cc1OC. The molecule has 1 N–H and O–H groups in total. The molecule has 0 saturated heterocycles. The zero-order valence-electron chi connectivity index (χ0n) is 13.2. The Kier molecular flexibility index (Phi) is 5.82. The molecule has 0 unspecified atom stereocenters. The molecule has 0 spiro atoms. The van der Waals surface area contributed by atoms with Crippen molar-refractivity contribution in [2.75, 3.05) is 19.5 Å². The average Bonchev–Trinajstić information content (AvgIpc) is 2.55. The van der Waals surface area contributed by atoms with E-state index in [9.17, 15) is 4.79 Å². The number of aryl methyl sites for hydroxylation is 1. The second-order valence-electron chi connectivity index (χ2n) is 4.90. The number of hydrogen-bond donors (Lipinski definition) is 1. The van der Waals surface area contributed by atoms with Crippen molar-refractivity contribution in [1.82, 2.24) is 0 Å². The van der Waals surface area contributed by atoms with Gasteiger partial charge in [0.05, 0.1) is 14.2 Å². The minimum absolute atomic E-state index is 0.205. The Balaban J connectivity index is 2.12. The van der Waals surface area contributed by atoms with Gasteiger partial charge in [0, 0.05) is 22.3 Å². The molecular weight excluding hydrogens is 358 g/mol. The van der Waals surface area contributed by atoms with E-state index in [0.29, 0.717) is 17.2 Å². The van der Waals surface area contributed by atoms with Crippen LogP contribution in [0.5, 0.6) is 11.5 Å². The zero-order valence-corrected chi connectivity index (χ0v) is 14.8. The van der Waals surface area contributed by atoms with Crippen LogP contribution in [0.4, 0.5) is 5.69 Å². The fraction of sp³-hybridized carbons (Fsp3) is 0.167. The molecule has 2 rings (SSSR count). The lowest BCUT2D eigenvalue weighted by Crippen LogP contribution is -2.09. The van der Waals surface area contributed by atoms with Crippen molar-refractivity contribution in [3.8, 4) is 11.5 Å². The summed E-state index contributed by atoms with van der Waals surface area (Å²) in [6, 6.07) is 11.3. The molecule has 0 radical (unpaired) electrons. The molecule has 0 aliphatic heterocycles. The van der Waals surface area contributed by atoms with E-state index in [1.165, 1.54) is 6.08 Å². The van der Waals surface area contributed by atoms with Crippen LogP contribution in [0.25, 0.3) is 6.08 Å². The van der Waals surface area contributed by atoms with E-state index in [1.54, 1.807) is 26.4 Å². The van der Waals surface area contributed by atoms with E-state index in [0.717, 1.165) is 15.6 Å². The number of ether oxygens (including phenoxy) is 2. The van der Waals surface area contributed by atoms with Crippen LogP contribution >= 0.6 is 15.9 Å². The van der Waals surface area contributed by atoms with Gasteiger partial charge in [-0.3, -0.25) is 4.79 Å². The standard InChI is InChI=1S/C18H18BrNO3/c1-12-10-16(22-2)17(23-3)11-15(12)20-18(21)9-6-13-4-7-14(19)8-5-13/h4-11H,1-3H3,(H,20,21)/b9-6+. The Bertz CT molecular complexity index is 724. The number of methoxy groups -OCH3 is 2. The fourth-order valence-electron chi connectivity index (χ4n) is 2.04. The molecule has 2 aromatic rings. The van der Waals surface area contributed by atoms with Gasteiger partial charge in [0.25, 0.3) is 0 Å². The lowest BCUT2D eigenvalue weighted by Gasteiger charge is -2.12. The molecule has 5 heteroatoms. The Morgan fingerprint density at radius 2 is 1.70 bits per heavy atom. The summed E-state index contributed by atoms with van der Waals surface area (Å²) in [6.45, 7) is 1.90. The van der Waals surface area contributed by atoms with Crippen molar-refractivity contribution in [3.63, 3.8) is 0 Å². The van der Waals surface area contributed by atoms with Gasteiger partial charge in [-0.2, -0.15) is 0 Å². The topological polar surface area (TPSA) is 47.6 Å². The molecular formula is C18H18BrNO3. The van der Waals surface area contributed by atoms with Gasteiger partial charge in [-0.05, 0) is 42.3 Å². The van der Waals surface area contributed by atoms with Crippen molar-refractivity contribution in [2.45, 2.75) is 6.92 Å². The maximum atomic E-state index is 12.1. The molecule has 4 nitrogen and oxygen atoms in total. The van der Waals surface area contributed by atoms with Gasteiger partial charge in [-0.15, -0.1) is 0 Å². The second kappa shape index (κ2) is 7.83. The first kappa shape index (κ1) is 17.1. The first-order valence-corrected chi connectivity index (χ1v) is 7.80. The molecule has 0 aliphatic rings. The van der Waals surface area contributed by atoms with Crippen LogP contribution in [0.2, 0.25) is 0 Å². The molecule has 2 aromatic carbocycles. The number of nitrogens with one attached hydrogen (secondary N) is 1. The minimum Gasteiger partial charge on any atom is -0.493 e. The van der Waals surface area contributed by atoms with Crippen molar-refractivity contribution >= 4 is 33.6 Å². The molecule has 0 fully saturated rings. The van der Waals surface area contributed by atoms with Gasteiger partial charge >= 0.3 is 0 Å². The van der Waals surface area contributed by atoms with E-state index < -0.39 is 0 Å². The van der Waals surface area contributed by atoms with Crippen LogP contribution in [0.3, 0.4) is 0 Å². The molecule has 23 heavy (non-hydrogen) atoms. The predicted molar refractivity (Wildman–Crippen MR) is 96.1 cm³/mol. The molecule has 0 aromatic heterocycles. The largest absolute Gasteiger partial charge is 0.493 e. The van der Waals surface area contributed by atoms with Crippen LogP contribution < -0.4 is 14.8 Å². The maximum absolute atomic E-state index is 12.1. The number of carbonyl (C=O) groups is 1. The van der Waals surface area contributed by atoms with Gasteiger partial charge in [-0.1, -0.05) is 28.1 Å². The van der Waals surface area contributed by atoms with Crippen LogP contribution in [0.15, 0.2) is 46.9 Å². The first-order chi connectivity index (χ1) is 11.0. The summed E-state index contributed by atoms with van der Waals surface area (Å²) in [5, 5.41) is 2.85. The van der Waals surface area contributed by atoms with Gasteiger partial charge in [0.1, 0.15) is 0 Å². The van der Waals surface area contributed by atoms with Crippen LogP contribution in [-0.2, 0) is 4.79 Å². The predicted octanol–water partition coefficient (Wildman–Crippen LogP) is 4.43. The van der Waals surface area contributed by atoms with Crippen LogP contribution in [-0.4, -0.2) is 20.1 Å². The molecule has 120 valence electrons. The lowest BCUT2D eigenvalue weighted by atomic mass is 10.1. The van der Waals surface area contributed by atoms with E-state index in [-0.39, 0.29) is 5.91 Å². The third-order valence-electron chi connectivity index (χ3n) is 3.29. The van der Waals surface area contributed by atoms with Gasteiger partial charge in [0.15, 0.2) is 11.5 Å². The number of benzene rings is 2. The van der Waals surface area contributed by atoms with E-state index in [2.05, 4.69) is 21.2 Å². The third kappa shape index (κ3) is 4.60. The molecule has 0 aliphatic carbocycles. The normalized spacial score (nSPS) is 10.6. The van der Waals surface area contributed by atoms with Crippen LogP contribution in [0.1, 0.15) is 11.1 Å². The summed E-state index contributed by atoms with van der Waals surface area (Å²) in [7, 11) is 3.14. The Hall–Kier alpha value is -2.27. The first-order valence-electron chi connectivity index (χ1n) is 7.00. The van der Waals surface area contributed by atoms with Gasteiger partial charge < -0.3 is 14.8 Å². The minimum atomic E-state index is -0.205. The monoisotopic (exact) mass is 375 g/mol. The fourth-order valence-corrected chi connectivity index (χ4v) is 2.30. The molecule has 0 bridgehead atoms. The summed E-state index contributed by atoms with van der Waals surface area (Å²) in [6.07, 6.45) is 3.26. The van der Waals surface area contributed by atoms with Crippen LogP contribution in [0, 0.1) is 6.92 Å². The Morgan fingerprint density at radius 1 is 1.09 bits per heavy atom. The zero-order chi connectivity index (χ0) is 16.8. The number of anilines is 1. The van der Waals surface area contributed by atoms with Crippen molar-refractivity contribution in [3.05, 3.63) is 58.1 Å². The number of amides is 1. The highest BCUT2D eigenvalue weighted by Gasteiger charge is 2.09. The van der Waals surface area contributed by atoms with E-state index >= 15 is 0 Å². The number of rotatable bonds is 5. The molecule has 0 saturated carbocycles. The number of hydrogen-bond acceptors (Lipinski definition) is 3. The summed E-state index contributed by atoms with van der Waals surface area (Å²) in [5.74, 6) is 1.00. The lowest BCUT2D eigenvalue weighted by molar-refractivity contribution is -0.111. The summed E-state index contributed by atoms with van der Waals surface area (Å²) in [5.41, 5.74) is 2.54. The van der Waals surface area contributed by atoms with Gasteiger partial charge in [0.2, 0.25) is 5.91 Å². The van der Waals surface area contributed by atoms with E-state index in [1.807, 2.05) is 37.3 Å². The van der Waals surface area contributed by atoms with Gasteiger partial charge in [-0.25, -0.2) is 0 Å². The molecule has 1 amide bonds. The number of carbonyl (C=O) groups excluding carboxylic acids is 1. The highest BCUT2D eigenvalue weighted by atomic mass is 79.9. The third-order valence-corrected chi connectivity index (χ3v) is 3.81. The van der Waals surface area contributed by atoms with Crippen molar-refractivity contribution in [1.29, 1.82) is 0 Å². The van der Waals surface area contributed by atoms with Crippen molar-refractivity contribution in [2.24, 2.45) is 0 Å². The Labute approximate surface area is 144 Å². The number of halogens is 1. The molecule has 0 heterocycles. The summed E-state index contributed by atoms with van der Waals surface area (Å²) < 4.78 is 11.5. The highest BCUT2D eigenvalue weighted by Crippen LogP contribution is 2.32. The quantitative estimate of drug-likeness (QED) is 0.786. The summed E-state index contributed by atoms with van der Waals surface area (Å²) in [4.78, 5) is 12.1. The summed E-state index contributed by atoms with van der Waals surface area (Å²) >= 11 is 3.38.